The van der Waals surface area contributed by atoms with Gasteiger partial charge in [0.15, 0.2) is 0 Å². The Morgan fingerprint density at radius 2 is 1.96 bits per heavy atom. The Kier molecular flexibility index (Phi) is 7.42. The quantitative estimate of drug-likeness (QED) is 0.569. The van der Waals surface area contributed by atoms with Gasteiger partial charge < -0.3 is 10.2 Å². The molecule has 1 aromatic carbocycles. The molecule has 1 heterocycles. The van der Waals surface area contributed by atoms with Crippen LogP contribution in [0.3, 0.4) is 0 Å². The van der Waals surface area contributed by atoms with Crippen LogP contribution in [-0.4, -0.2) is 47.8 Å². The average molecular weight is 375 g/mol. The lowest BCUT2D eigenvalue weighted by molar-refractivity contribution is -0.116. The van der Waals surface area contributed by atoms with E-state index >= 15 is 0 Å². The van der Waals surface area contributed by atoms with Crippen LogP contribution in [0.15, 0.2) is 30.3 Å². The SMILES string of the molecule is Cc1ccc(Cn2nc(C)c(/C=C/C(=O)NCCCN(C)C)c2Cl)cc1. The maximum atomic E-state index is 11.9. The molecule has 0 fully saturated rings. The van der Waals surface area contributed by atoms with Crippen LogP contribution in [0.2, 0.25) is 5.15 Å². The predicted octanol–water partition coefficient (Wildman–Crippen LogP) is 3.28. The number of aryl methyl sites for hydroxylation is 2. The highest BCUT2D eigenvalue weighted by Gasteiger charge is 2.11. The van der Waals surface area contributed by atoms with Crippen molar-refractivity contribution >= 4 is 23.6 Å². The van der Waals surface area contributed by atoms with Crippen LogP contribution in [0.5, 0.6) is 0 Å². The van der Waals surface area contributed by atoms with Crippen LogP contribution in [0.1, 0.15) is 28.8 Å². The summed E-state index contributed by atoms with van der Waals surface area (Å²) >= 11 is 6.47. The molecule has 1 aromatic heterocycles. The van der Waals surface area contributed by atoms with Gasteiger partial charge in [-0.05, 0) is 52.5 Å². The van der Waals surface area contributed by atoms with E-state index in [-0.39, 0.29) is 5.91 Å². The molecular weight excluding hydrogens is 348 g/mol. The Labute approximate surface area is 160 Å². The summed E-state index contributed by atoms with van der Waals surface area (Å²) in [6.45, 7) is 6.15. The second-order valence-electron chi connectivity index (χ2n) is 6.71. The van der Waals surface area contributed by atoms with E-state index in [1.54, 1.807) is 10.8 Å². The van der Waals surface area contributed by atoms with E-state index in [1.165, 1.54) is 11.6 Å². The zero-order chi connectivity index (χ0) is 19.1. The largest absolute Gasteiger partial charge is 0.353 e. The molecule has 6 heteroatoms. The van der Waals surface area contributed by atoms with Gasteiger partial charge in [-0.15, -0.1) is 0 Å². The fourth-order valence-electron chi connectivity index (χ4n) is 2.55. The number of hydrogen-bond acceptors (Lipinski definition) is 3. The van der Waals surface area contributed by atoms with Crippen LogP contribution in [0.4, 0.5) is 0 Å². The Morgan fingerprint density at radius 1 is 1.27 bits per heavy atom. The maximum Gasteiger partial charge on any atom is 0.244 e. The van der Waals surface area contributed by atoms with Crippen molar-refractivity contribution in [3.63, 3.8) is 0 Å². The van der Waals surface area contributed by atoms with Crippen molar-refractivity contribution in [2.75, 3.05) is 27.2 Å². The molecule has 140 valence electrons. The van der Waals surface area contributed by atoms with E-state index in [0.29, 0.717) is 18.2 Å². The molecule has 0 aliphatic carbocycles. The highest BCUT2D eigenvalue weighted by atomic mass is 35.5. The van der Waals surface area contributed by atoms with E-state index in [0.717, 1.165) is 29.8 Å². The van der Waals surface area contributed by atoms with Gasteiger partial charge in [-0.3, -0.25) is 4.79 Å². The molecule has 0 saturated carbocycles. The zero-order valence-corrected chi connectivity index (χ0v) is 16.7. The van der Waals surface area contributed by atoms with Gasteiger partial charge in [-0.2, -0.15) is 5.10 Å². The highest BCUT2D eigenvalue weighted by Crippen LogP contribution is 2.22. The predicted molar refractivity (Wildman–Crippen MR) is 107 cm³/mol. The fraction of sp³-hybridized carbons (Fsp3) is 0.400. The smallest absolute Gasteiger partial charge is 0.244 e. The third-order valence-electron chi connectivity index (χ3n) is 4.05. The fourth-order valence-corrected chi connectivity index (χ4v) is 2.85. The molecule has 0 bridgehead atoms. The molecule has 0 saturated heterocycles. The lowest BCUT2D eigenvalue weighted by Gasteiger charge is -2.08. The standard InChI is InChI=1S/C20H27ClN4O/c1-15-6-8-17(9-7-15)14-25-20(21)18(16(2)23-25)10-11-19(26)22-12-5-13-24(3)4/h6-11H,5,12-14H2,1-4H3,(H,22,26)/b11-10+. The van der Waals surface area contributed by atoms with Crippen LogP contribution >= 0.6 is 11.6 Å². The van der Waals surface area contributed by atoms with Crippen molar-refractivity contribution in [2.24, 2.45) is 0 Å². The number of amides is 1. The van der Waals surface area contributed by atoms with Crippen LogP contribution in [0.25, 0.3) is 6.08 Å². The number of rotatable bonds is 8. The Morgan fingerprint density at radius 3 is 2.62 bits per heavy atom. The monoisotopic (exact) mass is 374 g/mol. The summed E-state index contributed by atoms with van der Waals surface area (Å²) < 4.78 is 1.76. The first-order valence-corrected chi connectivity index (χ1v) is 9.13. The molecule has 0 radical (unpaired) electrons. The third-order valence-corrected chi connectivity index (χ3v) is 4.44. The van der Waals surface area contributed by atoms with Crippen LogP contribution in [0, 0.1) is 13.8 Å². The Balaban J connectivity index is 1.98. The molecule has 1 amide bonds. The number of halogens is 1. The van der Waals surface area contributed by atoms with Gasteiger partial charge in [0.05, 0.1) is 12.2 Å². The molecule has 26 heavy (non-hydrogen) atoms. The minimum atomic E-state index is -0.120. The topological polar surface area (TPSA) is 50.2 Å². The van der Waals surface area contributed by atoms with Gasteiger partial charge in [0.25, 0.3) is 0 Å². The van der Waals surface area contributed by atoms with E-state index in [9.17, 15) is 4.79 Å². The van der Waals surface area contributed by atoms with Crippen LogP contribution < -0.4 is 5.32 Å². The van der Waals surface area contributed by atoms with Crippen molar-refractivity contribution in [2.45, 2.75) is 26.8 Å². The first-order chi connectivity index (χ1) is 12.4. The molecule has 0 aliphatic heterocycles. The molecule has 1 N–H and O–H groups in total. The lowest BCUT2D eigenvalue weighted by Crippen LogP contribution is -2.25. The van der Waals surface area contributed by atoms with Gasteiger partial charge in [0, 0.05) is 18.2 Å². The van der Waals surface area contributed by atoms with Crippen molar-refractivity contribution in [3.05, 3.63) is 57.9 Å². The van der Waals surface area contributed by atoms with E-state index in [2.05, 4.69) is 46.5 Å². The first kappa shape index (κ1) is 20.2. The summed E-state index contributed by atoms with van der Waals surface area (Å²) in [6.07, 6.45) is 4.17. The lowest BCUT2D eigenvalue weighted by atomic mass is 10.1. The maximum absolute atomic E-state index is 11.9. The van der Waals surface area contributed by atoms with Gasteiger partial charge in [0.2, 0.25) is 5.91 Å². The summed E-state index contributed by atoms with van der Waals surface area (Å²) in [5.74, 6) is -0.120. The van der Waals surface area contributed by atoms with Gasteiger partial charge >= 0.3 is 0 Å². The third kappa shape index (κ3) is 6.00. The number of benzene rings is 1. The number of nitrogens with zero attached hydrogens (tertiary/aromatic N) is 3. The van der Waals surface area contributed by atoms with E-state index in [1.807, 2.05) is 21.0 Å². The summed E-state index contributed by atoms with van der Waals surface area (Å²) in [5, 5.41) is 7.91. The summed E-state index contributed by atoms with van der Waals surface area (Å²) in [5.41, 5.74) is 3.94. The molecule has 0 spiro atoms. The zero-order valence-electron chi connectivity index (χ0n) is 15.9. The molecule has 5 nitrogen and oxygen atoms in total. The van der Waals surface area contributed by atoms with Crippen molar-refractivity contribution < 1.29 is 4.79 Å². The molecule has 0 unspecified atom stereocenters. The minimum absolute atomic E-state index is 0.120. The minimum Gasteiger partial charge on any atom is -0.353 e. The second kappa shape index (κ2) is 9.55. The van der Waals surface area contributed by atoms with Gasteiger partial charge in [-0.1, -0.05) is 41.4 Å². The molecule has 2 rings (SSSR count). The van der Waals surface area contributed by atoms with Gasteiger partial charge in [0.1, 0.15) is 5.15 Å². The number of carbonyl (C=O) groups is 1. The Bertz CT molecular complexity index is 763. The summed E-state index contributed by atoms with van der Waals surface area (Å²) in [6, 6.07) is 8.28. The number of aromatic nitrogens is 2. The summed E-state index contributed by atoms with van der Waals surface area (Å²) in [7, 11) is 4.03. The number of nitrogens with one attached hydrogen (secondary N) is 1. The highest BCUT2D eigenvalue weighted by molar-refractivity contribution is 6.31. The van der Waals surface area contributed by atoms with Crippen molar-refractivity contribution in [1.29, 1.82) is 0 Å². The normalized spacial score (nSPS) is 11.5. The van der Waals surface area contributed by atoms with Crippen molar-refractivity contribution in [3.8, 4) is 0 Å². The second-order valence-corrected chi connectivity index (χ2v) is 7.07. The summed E-state index contributed by atoms with van der Waals surface area (Å²) in [4.78, 5) is 14.0. The first-order valence-electron chi connectivity index (χ1n) is 8.76. The Hall–Kier alpha value is -2.11. The average Bonchev–Trinajstić information content (AvgIpc) is 2.85. The van der Waals surface area contributed by atoms with Gasteiger partial charge in [-0.25, -0.2) is 4.68 Å². The molecule has 0 atom stereocenters. The molecule has 2 aromatic rings. The number of hydrogen-bond donors (Lipinski definition) is 1. The van der Waals surface area contributed by atoms with E-state index < -0.39 is 0 Å². The molecular formula is C20H27ClN4O. The van der Waals surface area contributed by atoms with Crippen LogP contribution in [-0.2, 0) is 11.3 Å². The molecule has 0 aliphatic rings. The van der Waals surface area contributed by atoms with E-state index in [4.69, 9.17) is 11.6 Å². The number of carbonyl (C=O) groups excluding carboxylic acids is 1. The van der Waals surface area contributed by atoms with Crippen molar-refractivity contribution in [1.82, 2.24) is 20.0 Å².